The van der Waals surface area contributed by atoms with Crippen molar-refractivity contribution in [3.63, 3.8) is 0 Å². The molecule has 0 bridgehead atoms. The lowest BCUT2D eigenvalue weighted by atomic mass is 9.97. The molecule has 33 heavy (non-hydrogen) atoms. The van der Waals surface area contributed by atoms with E-state index in [1.807, 2.05) is 25.7 Å². The van der Waals surface area contributed by atoms with Crippen molar-refractivity contribution in [2.24, 2.45) is 0 Å². The minimum Gasteiger partial charge on any atom is -0.493 e. The molecule has 170 valence electrons. The van der Waals surface area contributed by atoms with E-state index in [0.717, 1.165) is 5.56 Å². The molecule has 0 spiro atoms. The minimum atomic E-state index is -0.599. The number of ether oxygens (including phenoxy) is 3. The van der Waals surface area contributed by atoms with Crippen LogP contribution in [0.4, 0.5) is 5.95 Å². The molecular weight excluding hydrogens is 424 g/mol. The zero-order valence-electron chi connectivity index (χ0n) is 18.9. The van der Waals surface area contributed by atoms with Crippen LogP contribution in [0.15, 0.2) is 47.5 Å². The number of aromatic nitrogens is 3. The van der Waals surface area contributed by atoms with Crippen molar-refractivity contribution in [2.75, 3.05) is 18.8 Å². The number of ketones is 1. The summed E-state index contributed by atoms with van der Waals surface area (Å²) in [5.74, 6) is 1.73. The number of hydrogen-bond acceptors (Lipinski definition) is 8. The van der Waals surface area contributed by atoms with Gasteiger partial charge in [0.15, 0.2) is 17.3 Å². The van der Waals surface area contributed by atoms with Crippen LogP contribution >= 0.6 is 0 Å². The normalized spacial score (nSPS) is 16.4. The average Bonchev–Trinajstić information content (AvgIpc) is 3.39. The molecule has 2 aromatic heterocycles. The summed E-state index contributed by atoms with van der Waals surface area (Å²) in [6.45, 7) is 6.32. The molecule has 5 rings (SSSR count). The second kappa shape index (κ2) is 7.61. The first-order valence-corrected chi connectivity index (χ1v) is 10.6. The van der Waals surface area contributed by atoms with E-state index < -0.39 is 11.6 Å². The number of fused-ring (bicyclic) bond motifs is 2. The molecule has 0 fully saturated rings. The molecule has 3 aromatic rings. The summed E-state index contributed by atoms with van der Waals surface area (Å²) in [5, 5.41) is 0. The van der Waals surface area contributed by atoms with Gasteiger partial charge in [0.05, 0.1) is 30.9 Å². The van der Waals surface area contributed by atoms with Crippen molar-refractivity contribution in [3.05, 3.63) is 58.6 Å². The van der Waals surface area contributed by atoms with E-state index in [-0.39, 0.29) is 18.1 Å². The molecule has 0 radical (unpaired) electrons. The van der Waals surface area contributed by atoms with Gasteiger partial charge in [0.1, 0.15) is 0 Å². The molecule has 2 aliphatic heterocycles. The highest BCUT2D eigenvalue weighted by Crippen LogP contribution is 2.43. The Morgan fingerprint density at radius 1 is 1.18 bits per heavy atom. The maximum absolute atomic E-state index is 13.6. The van der Waals surface area contributed by atoms with E-state index in [1.165, 1.54) is 13.2 Å². The fourth-order valence-electron chi connectivity index (χ4n) is 4.56. The smallest absolute Gasteiger partial charge is 0.255 e. The second-order valence-corrected chi connectivity index (χ2v) is 8.74. The van der Waals surface area contributed by atoms with Crippen LogP contribution in [-0.4, -0.2) is 45.8 Å². The molecule has 0 saturated carbocycles. The summed E-state index contributed by atoms with van der Waals surface area (Å²) >= 11 is 0. The van der Waals surface area contributed by atoms with Crippen LogP contribution in [0.2, 0.25) is 0 Å². The summed E-state index contributed by atoms with van der Waals surface area (Å²) in [6, 6.07) is 7.85. The van der Waals surface area contributed by atoms with Gasteiger partial charge in [0.25, 0.3) is 5.56 Å². The Labute approximate surface area is 190 Å². The van der Waals surface area contributed by atoms with Crippen molar-refractivity contribution < 1.29 is 19.0 Å². The lowest BCUT2D eigenvalue weighted by Crippen LogP contribution is -2.50. The van der Waals surface area contributed by atoms with Crippen molar-refractivity contribution in [3.8, 4) is 28.5 Å². The van der Waals surface area contributed by atoms with Crippen molar-refractivity contribution in [2.45, 2.75) is 38.9 Å². The number of rotatable bonds is 5. The highest BCUT2D eigenvalue weighted by atomic mass is 16.7. The van der Waals surface area contributed by atoms with Gasteiger partial charge in [0.2, 0.25) is 18.5 Å². The van der Waals surface area contributed by atoms with Gasteiger partial charge in [-0.3, -0.25) is 19.1 Å². The van der Waals surface area contributed by atoms with Gasteiger partial charge < -0.3 is 19.1 Å². The second-order valence-electron chi connectivity index (χ2n) is 8.74. The van der Waals surface area contributed by atoms with Gasteiger partial charge in [-0.15, -0.1) is 0 Å². The SMILES string of the molecule is COc1cc(C(=O)C(C)N2c3nc(-c4ccncc4)cc(=O)n3CC2(C)C)cc2c1OCO2. The largest absolute Gasteiger partial charge is 0.493 e. The van der Waals surface area contributed by atoms with Crippen LogP contribution in [0.1, 0.15) is 31.1 Å². The first-order chi connectivity index (χ1) is 15.8. The van der Waals surface area contributed by atoms with Gasteiger partial charge >= 0.3 is 0 Å². The number of hydrogen-bond donors (Lipinski definition) is 0. The Morgan fingerprint density at radius 3 is 2.67 bits per heavy atom. The summed E-state index contributed by atoms with van der Waals surface area (Å²) in [4.78, 5) is 37.3. The zero-order chi connectivity index (χ0) is 23.3. The number of methoxy groups -OCH3 is 1. The molecule has 1 unspecified atom stereocenters. The maximum atomic E-state index is 13.6. The number of carbonyl (C=O) groups is 1. The summed E-state index contributed by atoms with van der Waals surface area (Å²) in [5.41, 5.74) is 1.10. The predicted molar refractivity (Wildman–Crippen MR) is 121 cm³/mol. The molecule has 1 atom stereocenters. The molecule has 9 nitrogen and oxygen atoms in total. The topological polar surface area (TPSA) is 95.8 Å². The molecule has 4 heterocycles. The highest BCUT2D eigenvalue weighted by molar-refractivity contribution is 6.02. The van der Waals surface area contributed by atoms with Crippen LogP contribution in [0.3, 0.4) is 0 Å². The van der Waals surface area contributed by atoms with Gasteiger partial charge in [-0.05, 0) is 45.0 Å². The molecule has 0 amide bonds. The molecule has 1 aromatic carbocycles. The highest BCUT2D eigenvalue weighted by Gasteiger charge is 2.43. The molecule has 0 aliphatic carbocycles. The van der Waals surface area contributed by atoms with Crippen LogP contribution in [0.5, 0.6) is 17.2 Å². The van der Waals surface area contributed by atoms with Crippen LogP contribution in [0, 0.1) is 0 Å². The van der Waals surface area contributed by atoms with Crippen molar-refractivity contribution >= 4 is 11.7 Å². The lowest BCUT2D eigenvalue weighted by molar-refractivity contribution is 0.0955. The third kappa shape index (κ3) is 3.40. The van der Waals surface area contributed by atoms with E-state index in [2.05, 4.69) is 4.98 Å². The standard InChI is InChI=1S/C24H24N4O5/c1-14(21(30)16-9-18(31-4)22-19(10-16)32-13-33-22)28-23-26-17(15-5-7-25-8-6-15)11-20(29)27(23)12-24(28,2)3/h5-11,14H,12-13H2,1-4H3. The van der Waals surface area contributed by atoms with Gasteiger partial charge in [-0.1, -0.05) is 0 Å². The Bertz CT molecular complexity index is 1300. The third-order valence-electron chi connectivity index (χ3n) is 6.09. The molecular formula is C24H24N4O5. The van der Waals surface area contributed by atoms with Crippen LogP contribution in [-0.2, 0) is 6.54 Å². The number of pyridine rings is 1. The molecule has 0 N–H and O–H groups in total. The minimum absolute atomic E-state index is 0.0794. The first kappa shape index (κ1) is 21.0. The van der Waals surface area contributed by atoms with E-state index in [4.69, 9.17) is 19.2 Å². The van der Waals surface area contributed by atoms with Gasteiger partial charge in [-0.2, -0.15) is 0 Å². The first-order valence-electron chi connectivity index (χ1n) is 10.6. The number of benzene rings is 1. The van der Waals surface area contributed by atoms with Crippen LogP contribution < -0.4 is 24.7 Å². The Kier molecular flexibility index (Phi) is 4.84. The zero-order valence-corrected chi connectivity index (χ0v) is 18.9. The number of anilines is 1. The molecule has 2 aliphatic rings. The molecule has 0 saturated heterocycles. The molecule has 9 heteroatoms. The fourth-order valence-corrected chi connectivity index (χ4v) is 4.56. The lowest BCUT2D eigenvalue weighted by Gasteiger charge is -2.36. The van der Waals surface area contributed by atoms with Crippen molar-refractivity contribution in [1.82, 2.24) is 14.5 Å². The monoisotopic (exact) mass is 448 g/mol. The Hall–Kier alpha value is -3.88. The summed E-state index contributed by atoms with van der Waals surface area (Å²) in [6.07, 6.45) is 3.31. The predicted octanol–water partition coefficient (Wildman–Crippen LogP) is 2.91. The Morgan fingerprint density at radius 2 is 1.94 bits per heavy atom. The van der Waals surface area contributed by atoms with Gasteiger partial charge in [0, 0.05) is 29.6 Å². The third-order valence-corrected chi connectivity index (χ3v) is 6.09. The van der Waals surface area contributed by atoms with Gasteiger partial charge in [-0.25, -0.2) is 4.98 Å². The Balaban J connectivity index is 1.57. The van der Waals surface area contributed by atoms with E-state index in [0.29, 0.717) is 41.0 Å². The van der Waals surface area contributed by atoms with E-state index >= 15 is 0 Å². The summed E-state index contributed by atoms with van der Waals surface area (Å²) < 4.78 is 17.9. The average molecular weight is 448 g/mol. The van der Waals surface area contributed by atoms with E-state index in [9.17, 15) is 9.59 Å². The fraction of sp³-hybridized carbons (Fsp3) is 0.333. The van der Waals surface area contributed by atoms with E-state index in [1.54, 1.807) is 41.2 Å². The number of carbonyl (C=O) groups excluding carboxylic acids is 1. The van der Waals surface area contributed by atoms with Crippen LogP contribution in [0.25, 0.3) is 11.3 Å². The maximum Gasteiger partial charge on any atom is 0.255 e. The summed E-state index contributed by atoms with van der Waals surface area (Å²) in [7, 11) is 1.52. The number of nitrogens with zero attached hydrogens (tertiary/aromatic N) is 4. The quantitative estimate of drug-likeness (QED) is 0.550. The van der Waals surface area contributed by atoms with Crippen molar-refractivity contribution in [1.29, 1.82) is 0 Å². The number of Topliss-reactive ketones (excluding diaryl/α,β-unsaturated/α-hetero) is 1.